The Labute approximate surface area is 107 Å². The maximum Gasteiger partial charge on any atom is 0.416 e. The lowest BCUT2D eigenvalue weighted by atomic mass is 9.98. The molecule has 1 aromatic heterocycles. The van der Waals surface area contributed by atoms with Crippen molar-refractivity contribution in [3.63, 3.8) is 0 Å². The van der Waals surface area contributed by atoms with Gasteiger partial charge in [0, 0.05) is 11.1 Å². The van der Waals surface area contributed by atoms with Gasteiger partial charge in [0.25, 0.3) is 0 Å². The van der Waals surface area contributed by atoms with Gasteiger partial charge in [-0.25, -0.2) is 0 Å². The van der Waals surface area contributed by atoms with Gasteiger partial charge in [-0.15, -0.1) is 0 Å². The van der Waals surface area contributed by atoms with E-state index in [-0.39, 0.29) is 22.5 Å². The summed E-state index contributed by atoms with van der Waals surface area (Å²) in [6.45, 7) is 1.47. The number of carbonyl (C=O) groups excluding carboxylic acids is 1. The number of nitrogens with zero attached hydrogens (tertiary/aromatic N) is 2. The minimum atomic E-state index is -4.41. The lowest BCUT2D eigenvalue weighted by Gasteiger charge is -2.10. The number of hydrogen-bond donors (Lipinski definition) is 0. The average Bonchev–Trinajstić information content (AvgIpc) is 2.38. The second-order valence-corrected chi connectivity index (χ2v) is 3.99. The van der Waals surface area contributed by atoms with Gasteiger partial charge in [0.1, 0.15) is 0 Å². The van der Waals surface area contributed by atoms with E-state index in [9.17, 15) is 18.0 Å². The van der Waals surface area contributed by atoms with Crippen LogP contribution in [0.1, 0.15) is 27.0 Å². The number of alkyl halides is 3. The first-order chi connectivity index (χ1) is 8.89. The van der Waals surface area contributed by atoms with Gasteiger partial charge in [0.05, 0.1) is 18.0 Å². The van der Waals surface area contributed by atoms with Crippen molar-refractivity contribution in [1.29, 1.82) is 0 Å². The number of ketones is 1. The summed E-state index contributed by atoms with van der Waals surface area (Å²) in [7, 11) is 0. The molecule has 0 N–H and O–H groups in total. The number of aromatic nitrogens is 2. The number of hydrogen-bond acceptors (Lipinski definition) is 3. The van der Waals surface area contributed by atoms with E-state index in [0.717, 1.165) is 12.1 Å². The van der Waals surface area contributed by atoms with E-state index in [1.165, 1.54) is 31.5 Å². The molecule has 2 rings (SSSR count). The molecule has 0 atom stereocenters. The molecule has 0 spiro atoms. The molecule has 2 aromatic rings. The van der Waals surface area contributed by atoms with E-state index in [1.807, 2.05) is 0 Å². The summed E-state index contributed by atoms with van der Waals surface area (Å²) in [5, 5.41) is 7.11. The van der Waals surface area contributed by atoms with Gasteiger partial charge in [0.2, 0.25) is 0 Å². The SMILES string of the molecule is Cc1cc(C(F)(F)F)ccc1C(=O)c1ccnnc1. The summed E-state index contributed by atoms with van der Waals surface area (Å²) >= 11 is 0. The van der Waals surface area contributed by atoms with Gasteiger partial charge in [-0.2, -0.15) is 23.4 Å². The quantitative estimate of drug-likeness (QED) is 0.785. The maximum absolute atomic E-state index is 12.5. The Bertz CT molecular complexity index is 609. The molecule has 19 heavy (non-hydrogen) atoms. The molecule has 0 aliphatic heterocycles. The van der Waals surface area contributed by atoms with Crippen LogP contribution in [0, 0.1) is 6.92 Å². The van der Waals surface area contributed by atoms with Crippen molar-refractivity contribution >= 4 is 5.78 Å². The third-order valence-electron chi connectivity index (χ3n) is 2.64. The zero-order valence-electron chi connectivity index (χ0n) is 9.90. The first-order valence-electron chi connectivity index (χ1n) is 5.39. The zero-order valence-corrected chi connectivity index (χ0v) is 9.90. The number of benzene rings is 1. The molecule has 0 radical (unpaired) electrons. The van der Waals surface area contributed by atoms with Crippen molar-refractivity contribution in [2.75, 3.05) is 0 Å². The van der Waals surface area contributed by atoms with Crippen molar-refractivity contribution in [2.24, 2.45) is 0 Å². The van der Waals surface area contributed by atoms with Gasteiger partial charge >= 0.3 is 6.18 Å². The molecule has 1 heterocycles. The molecule has 0 amide bonds. The highest BCUT2D eigenvalue weighted by molar-refractivity contribution is 6.09. The molecule has 0 aliphatic rings. The predicted octanol–water partition coefficient (Wildman–Crippen LogP) is 3.03. The van der Waals surface area contributed by atoms with E-state index in [0.29, 0.717) is 0 Å². The molecule has 3 nitrogen and oxygen atoms in total. The van der Waals surface area contributed by atoms with Gasteiger partial charge in [0.15, 0.2) is 5.78 Å². The number of carbonyl (C=O) groups is 1. The van der Waals surface area contributed by atoms with Crippen molar-refractivity contribution in [3.8, 4) is 0 Å². The summed E-state index contributed by atoms with van der Waals surface area (Å²) < 4.78 is 37.6. The maximum atomic E-state index is 12.5. The van der Waals surface area contributed by atoms with E-state index >= 15 is 0 Å². The van der Waals surface area contributed by atoms with Crippen LogP contribution in [0.5, 0.6) is 0 Å². The molecule has 0 bridgehead atoms. The third kappa shape index (κ3) is 2.78. The fraction of sp³-hybridized carbons (Fsp3) is 0.154. The standard InChI is InChI=1S/C13H9F3N2O/c1-8-6-10(13(14,15)16)2-3-11(8)12(19)9-4-5-17-18-7-9/h2-7H,1H3. The van der Waals surface area contributed by atoms with Crippen LogP contribution in [0.3, 0.4) is 0 Å². The zero-order chi connectivity index (χ0) is 14.0. The van der Waals surface area contributed by atoms with Crippen molar-refractivity contribution in [1.82, 2.24) is 10.2 Å². The minimum Gasteiger partial charge on any atom is -0.289 e. The van der Waals surface area contributed by atoms with Gasteiger partial charge in [-0.1, -0.05) is 6.07 Å². The van der Waals surface area contributed by atoms with Crippen LogP contribution in [-0.2, 0) is 6.18 Å². The molecule has 0 saturated heterocycles. The van der Waals surface area contributed by atoms with Gasteiger partial charge in [-0.3, -0.25) is 4.79 Å². The molecular weight excluding hydrogens is 257 g/mol. The number of aryl methyl sites for hydroxylation is 1. The monoisotopic (exact) mass is 266 g/mol. The second-order valence-electron chi connectivity index (χ2n) is 3.99. The fourth-order valence-corrected chi connectivity index (χ4v) is 1.68. The minimum absolute atomic E-state index is 0.223. The predicted molar refractivity (Wildman–Crippen MR) is 61.6 cm³/mol. The second kappa shape index (κ2) is 4.79. The van der Waals surface area contributed by atoms with Crippen molar-refractivity contribution < 1.29 is 18.0 Å². The molecule has 0 fully saturated rings. The highest BCUT2D eigenvalue weighted by atomic mass is 19.4. The van der Waals surface area contributed by atoms with E-state index in [4.69, 9.17) is 0 Å². The molecule has 0 aliphatic carbocycles. The molecule has 0 unspecified atom stereocenters. The Balaban J connectivity index is 2.40. The van der Waals surface area contributed by atoms with Crippen LogP contribution in [0.25, 0.3) is 0 Å². The average molecular weight is 266 g/mol. The smallest absolute Gasteiger partial charge is 0.289 e. The normalized spacial score (nSPS) is 11.4. The Morgan fingerprint density at radius 3 is 2.42 bits per heavy atom. The van der Waals surface area contributed by atoms with Crippen LogP contribution >= 0.6 is 0 Å². The molecular formula is C13H9F3N2O. The Morgan fingerprint density at radius 1 is 1.16 bits per heavy atom. The molecule has 0 saturated carbocycles. The summed E-state index contributed by atoms with van der Waals surface area (Å²) in [6.07, 6.45) is -1.78. The summed E-state index contributed by atoms with van der Waals surface area (Å²) in [6, 6.07) is 4.50. The molecule has 98 valence electrons. The summed E-state index contributed by atoms with van der Waals surface area (Å²) in [4.78, 5) is 12.1. The van der Waals surface area contributed by atoms with Crippen molar-refractivity contribution in [3.05, 3.63) is 58.9 Å². The number of halogens is 3. The third-order valence-corrected chi connectivity index (χ3v) is 2.64. The number of rotatable bonds is 2. The lowest BCUT2D eigenvalue weighted by Crippen LogP contribution is -2.09. The van der Waals surface area contributed by atoms with Gasteiger partial charge < -0.3 is 0 Å². The van der Waals surface area contributed by atoms with Crippen LogP contribution in [0.2, 0.25) is 0 Å². The van der Waals surface area contributed by atoms with E-state index < -0.39 is 11.7 Å². The fourth-order valence-electron chi connectivity index (χ4n) is 1.68. The van der Waals surface area contributed by atoms with Crippen LogP contribution < -0.4 is 0 Å². The van der Waals surface area contributed by atoms with Crippen LogP contribution in [-0.4, -0.2) is 16.0 Å². The highest BCUT2D eigenvalue weighted by Crippen LogP contribution is 2.30. The van der Waals surface area contributed by atoms with E-state index in [2.05, 4.69) is 10.2 Å². The Hall–Kier alpha value is -2.24. The van der Waals surface area contributed by atoms with Crippen molar-refractivity contribution in [2.45, 2.75) is 13.1 Å². The lowest BCUT2D eigenvalue weighted by molar-refractivity contribution is -0.137. The topological polar surface area (TPSA) is 42.9 Å². The first-order valence-corrected chi connectivity index (χ1v) is 5.39. The molecule has 1 aromatic carbocycles. The van der Waals surface area contributed by atoms with E-state index in [1.54, 1.807) is 0 Å². The largest absolute Gasteiger partial charge is 0.416 e. The summed E-state index contributed by atoms with van der Waals surface area (Å²) in [5.41, 5.74) is 0.0184. The molecule has 6 heteroatoms. The Morgan fingerprint density at radius 2 is 1.89 bits per heavy atom. The van der Waals surface area contributed by atoms with Crippen LogP contribution in [0.15, 0.2) is 36.7 Å². The highest BCUT2D eigenvalue weighted by Gasteiger charge is 2.31. The van der Waals surface area contributed by atoms with Gasteiger partial charge in [-0.05, 0) is 30.7 Å². The van der Waals surface area contributed by atoms with Crippen LogP contribution in [0.4, 0.5) is 13.2 Å². The summed E-state index contributed by atoms with van der Waals surface area (Å²) in [5.74, 6) is -0.374. The first kappa shape index (κ1) is 13.2. The Kier molecular flexibility index (Phi) is 3.33.